The normalized spacial score (nSPS) is 9.88. The van der Waals surface area contributed by atoms with E-state index < -0.39 is 11.9 Å². The number of aldehydes is 2. The van der Waals surface area contributed by atoms with E-state index in [2.05, 4.69) is 0 Å². The largest absolute Gasteiger partial charge is 0.462 e. The van der Waals surface area contributed by atoms with Gasteiger partial charge in [-0.2, -0.15) is 0 Å². The van der Waals surface area contributed by atoms with E-state index in [0.29, 0.717) is 18.1 Å². The minimum Gasteiger partial charge on any atom is -0.462 e. The Bertz CT molecular complexity index is 777. The molecular formula is C18H14O6. The highest BCUT2D eigenvalue weighted by molar-refractivity contribution is 5.97. The maximum Gasteiger partial charge on any atom is 0.343 e. The number of benzene rings is 2. The molecule has 0 fully saturated rings. The Balaban J connectivity index is 2.31. The predicted molar refractivity (Wildman–Crippen MR) is 84.6 cm³/mol. The summed E-state index contributed by atoms with van der Waals surface area (Å²) >= 11 is 0. The lowest BCUT2D eigenvalue weighted by molar-refractivity contribution is 0.0520. The van der Waals surface area contributed by atoms with Crippen LogP contribution in [0.2, 0.25) is 0 Å². The summed E-state index contributed by atoms with van der Waals surface area (Å²) in [6, 6.07) is 9.88. The molecule has 2 rings (SSSR count). The first kappa shape index (κ1) is 17.1. The molecule has 0 aromatic heterocycles. The molecule has 2 aromatic rings. The highest BCUT2D eigenvalue weighted by atomic mass is 16.5. The van der Waals surface area contributed by atoms with Crippen molar-refractivity contribution in [2.45, 2.75) is 6.92 Å². The summed E-state index contributed by atoms with van der Waals surface area (Å²) < 4.78 is 10.1. The fourth-order valence-electron chi connectivity index (χ4n) is 1.93. The summed E-state index contributed by atoms with van der Waals surface area (Å²) in [5, 5.41) is 0. The number of ether oxygens (including phenoxy) is 2. The van der Waals surface area contributed by atoms with E-state index in [9.17, 15) is 19.2 Å². The van der Waals surface area contributed by atoms with Gasteiger partial charge in [-0.3, -0.25) is 9.59 Å². The molecule has 0 saturated heterocycles. The molecule has 0 N–H and O–H groups in total. The molecule has 0 spiro atoms. The molecule has 0 unspecified atom stereocenters. The van der Waals surface area contributed by atoms with Gasteiger partial charge in [-0.15, -0.1) is 0 Å². The molecule has 2 aromatic carbocycles. The van der Waals surface area contributed by atoms with Crippen molar-refractivity contribution in [1.82, 2.24) is 0 Å². The van der Waals surface area contributed by atoms with Gasteiger partial charge in [0, 0.05) is 11.1 Å². The van der Waals surface area contributed by atoms with Crippen LogP contribution in [0.5, 0.6) is 5.75 Å². The molecule has 6 heteroatoms. The SMILES string of the molecule is CCOC(=O)c1ccc(C=O)cc1OC(=O)c1ccc(C=O)cc1. The molecule has 122 valence electrons. The van der Waals surface area contributed by atoms with Gasteiger partial charge in [-0.05, 0) is 31.2 Å². The van der Waals surface area contributed by atoms with Crippen molar-refractivity contribution in [2.24, 2.45) is 0 Å². The first-order valence-corrected chi connectivity index (χ1v) is 7.12. The topological polar surface area (TPSA) is 86.7 Å². The van der Waals surface area contributed by atoms with Gasteiger partial charge in [-0.25, -0.2) is 9.59 Å². The van der Waals surface area contributed by atoms with Crippen LogP contribution in [0, 0.1) is 0 Å². The molecule has 0 bridgehead atoms. The van der Waals surface area contributed by atoms with Gasteiger partial charge in [0.25, 0.3) is 0 Å². The molecule has 6 nitrogen and oxygen atoms in total. The first-order valence-electron chi connectivity index (χ1n) is 7.12. The van der Waals surface area contributed by atoms with E-state index >= 15 is 0 Å². The Morgan fingerprint density at radius 2 is 1.54 bits per heavy atom. The second kappa shape index (κ2) is 7.82. The van der Waals surface area contributed by atoms with Gasteiger partial charge in [0.2, 0.25) is 0 Å². The number of esters is 2. The lowest BCUT2D eigenvalue weighted by atomic mass is 10.1. The maximum atomic E-state index is 12.2. The molecule has 0 amide bonds. The fraction of sp³-hybridized carbons (Fsp3) is 0.111. The van der Waals surface area contributed by atoms with Gasteiger partial charge in [-0.1, -0.05) is 18.2 Å². The second-order valence-corrected chi connectivity index (χ2v) is 4.72. The van der Waals surface area contributed by atoms with Crippen LogP contribution in [0.3, 0.4) is 0 Å². The highest BCUT2D eigenvalue weighted by Crippen LogP contribution is 2.22. The van der Waals surface area contributed by atoms with E-state index in [1.54, 1.807) is 6.92 Å². The Morgan fingerprint density at radius 3 is 2.12 bits per heavy atom. The molecule has 24 heavy (non-hydrogen) atoms. The van der Waals surface area contributed by atoms with Crippen LogP contribution in [-0.2, 0) is 4.74 Å². The van der Waals surface area contributed by atoms with Gasteiger partial charge in [0.15, 0.2) is 0 Å². The molecule has 0 aliphatic rings. The summed E-state index contributed by atoms with van der Waals surface area (Å²) in [4.78, 5) is 45.7. The van der Waals surface area contributed by atoms with E-state index in [0.717, 1.165) is 0 Å². The van der Waals surface area contributed by atoms with Gasteiger partial charge in [0.05, 0.1) is 12.2 Å². The standard InChI is InChI=1S/C18H14O6/c1-2-23-18(22)15-8-5-13(11-20)9-16(15)24-17(21)14-6-3-12(10-19)4-7-14/h3-11H,2H2,1H3. The van der Waals surface area contributed by atoms with Crippen molar-refractivity contribution in [1.29, 1.82) is 0 Å². The van der Waals surface area contributed by atoms with Crippen LogP contribution in [-0.4, -0.2) is 31.1 Å². The van der Waals surface area contributed by atoms with Crippen LogP contribution in [0.4, 0.5) is 0 Å². The Labute approximate surface area is 138 Å². The zero-order chi connectivity index (χ0) is 17.5. The first-order chi connectivity index (χ1) is 11.6. The average molecular weight is 326 g/mol. The second-order valence-electron chi connectivity index (χ2n) is 4.72. The average Bonchev–Trinajstić information content (AvgIpc) is 2.61. The zero-order valence-electron chi connectivity index (χ0n) is 12.9. The van der Waals surface area contributed by atoms with Crippen molar-refractivity contribution in [2.75, 3.05) is 6.61 Å². The highest BCUT2D eigenvalue weighted by Gasteiger charge is 2.18. The van der Waals surface area contributed by atoms with Crippen molar-refractivity contribution < 1.29 is 28.7 Å². The lowest BCUT2D eigenvalue weighted by Crippen LogP contribution is -2.13. The molecule has 0 heterocycles. The van der Waals surface area contributed by atoms with Crippen molar-refractivity contribution in [3.8, 4) is 5.75 Å². The number of hydrogen-bond acceptors (Lipinski definition) is 6. The third kappa shape index (κ3) is 3.92. The van der Waals surface area contributed by atoms with Gasteiger partial charge in [0.1, 0.15) is 23.9 Å². The molecule has 0 aliphatic carbocycles. The maximum absolute atomic E-state index is 12.2. The molecule has 0 saturated carbocycles. The summed E-state index contributed by atoms with van der Waals surface area (Å²) in [6.07, 6.45) is 1.23. The van der Waals surface area contributed by atoms with Gasteiger partial charge >= 0.3 is 11.9 Å². The lowest BCUT2D eigenvalue weighted by Gasteiger charge is -2.10. The summed E-state index contributed by atoms with van der Waals surface area (Å²) in [6.45, 7) is 1.81. The zero-order valence-corrected chi connectivity index (χ0v) is 12.9. The smallest absolute Gasteiger partial charge is 0.343 e. The van der Waals surface area contributed by atoms with E-state index in [1.165, 1.54) is 42.5 Å². The summed E-state index contributed by atoms with van der Waals surface area (Å²) in [5.74, 6) is -1.45. The molecule has 0 radical (unpaired) electrons. The number of rotatable bonds is 6. The van der Waals surface area contributed by atoms with Crippen molar-refractivity contribution in [3.63, 3.8) is 0 Å². The van der Waals surface area contributed by atoms with Crippen molar-refractivity contribution >= 4 is 24.5 Å². The number of carbonyl (C=O) groups is 4. The van der Waals surface area contributed by atoms with Crippen LogP contribution in [0.1, 0.15) is 48.4 Å². The molecule has 0 aliphatic heterocycles. The Morgan fingerprint density at radius 1 is 0.917 bits per heavy atom. The third-order valence-corrected chi connectivity index (χ3v) is 3.12. The number of hydrogen-bond donors (Lipinski definition) is 0. The van der Waals surface area contributed by atoms with E-state index in [1.807, 2.05) is 0 Å². The number of carbonyl (C=O) groups excluding carboxylic acids is 4. The third-order valence-electron chi connectivity index (χ3n) is 3.12. The van der Waals surface area contributed by atoms with Gasteiger partial charge < -0.3 is 9.47 Å². The molecule has 0 atom stereocenters. The fourth-order valence-corrected chi connectivity index (χ4v) is 1.93. The Kier molecular flexibility index (Phi) is 5.57. The monoisotopic (exact) mass is 326 g/mol. The predicted octanol–water partition coefficient (Wildman–Crippen LogP) is 2.71. The molecular weight excluding hydrogens is 312 g/mol. The van der Waals surface area contributed by atoms with Crippen LogP contribution < -0.4 is 4.74 Å². The van der Waals surface area contributed by atoms with Crippen LogP contribution >= 0.6 is 0 Å². The summed E-state index contributed by atoms with van der Waals surface area (Å²) in [7, 11) is 0. The minimum absolute atomic E-state index is 0.0420. The van der Waals surface area contributed by atoms with Crippen molar-refractivity contribution in [3.05, 3.63) is 64.7 Å². The van der Waals surface area contributed by atoms with Crippen LogP contribution in [0.25, 0.3) is 0 Å². The summed E-state index contributed by atoms with van der Waals surface area (Å²) in [5.41, 5.74) is 0.913. The van der Waals surface area contributed by atoms with Crippen LogP contribution in [0.15, 0.2) is 42.5 Å². The van der Waals surface area contributed by atoms with E-state index in [4.69, 9.17) is 9.47 Å². The Hall–Kier alpha value is -3.28. The minimum atomic E-state index is -0.721. The van der Waals surface area contributed by atoms with E-state index in [-0.39, 0.29) is 29.0 Å². The quantitative estimate of drug-likeness (QED) is 0.461.